The predicted octanol–water partition coefficient (Wildman–Crippen LogP) is 2.76. The molecule has 4 nitrogen and oxygen atoms in total. The molecule has 4 heteroatoms. The van der Waals surface area contributed by atoms with Crippen LogP contribution in [-0.2, 0) is 4.79 Å². The second-order valence-electron chi connectivity index (χ2n) is 5.57. The number of hydrogen-bond acceptors (Lipinski definition) is 3. The summed E-state index contributed by atoms with van der Waals surface area (Å²) in [5.41, 5.74) is 0.803. The van der Waals surface area contributed by atoms with Gasteiger partial charge >= 0.3 is 0 Å². The van der Waals surface area contributed by atoms with Gasteiger partial charge in [0.05, 0.1) is 7.11 Å². The molecule has 1 aromatic carbocycles. The number of rotatable bonds is 5. The number of benzene rings is 1. The standard InChI is InChI=1S/C16H24N2O2/c1-18-10-8-13(9-11-18)6-7-16(19)17-14-4-3-5-15(12-14)20-2/h3-5,12-13H,6-11H2,1-2H3,(H,17,19). The first-order valence-electron chi connectivity index (χ1n) is 7.30. The van der Waals surface area contributed by atoms with Crippen molar-refractivity contribution in [2.24, 2.45) is 5.92 Å². The zero-order valence-electron chi connectivity index (χ0n) is 12.4. The van der Waals surface area contributed by atoms with Crippen molar-refractivity contribution >= 4 is 11.6 Å². The number of piperidine rings is 1. The number of hydrogen-bond donors (Lipinski definition) is 1. The van der Waals surface area contributed by atoms with E-state index in [4.69, 9.17) is 4.74 Å². The van der Waals surface area contributed by atoms with Gasteiger partial charge in [-0.1, -0.05) is 6.07 Å². The average molecular weight is 276 g/mol. The number of carbonyl (C=O) groups excluding carboxylic acids is 1. The summed E-state index contributed by atoms with van der Waals surface area (Å²) in [7, 11) is 3.78. The molecule has 1 aliphatic heterocycles. The van der Waals surface area contributed by atoms with Gasteiger partial charge in [0.15, 0.2) is 0 Å². The van der Waals surface area contributed by atoms with E-state index < -0.39 is 0 Å². The Kier molecular flexibility index (Phi) is 5.41. The highest BCUT2D eigenvalue weighted by atomic mass is 16.5. The van der Waals surface area contributed by atoms with E-state index >= 15 is 0 Å². The van der Waals surface area contributed by atoms with Crippen molar-refractivity contribution in [3.63, 3.8) is 0 Å². The number of ether oxygens (including phenoxy) is 1. The minimum atomic E-state index is 0.0946. The molecule has 1 fully saturated rings. The van der Waals surface area contributed by atoms with Crippen LogP contribution in [0.1, 0.15) is 25.7 Å². The van der Waals surface area contributed by atoms with Gasteiger partial charge in [-0.2, -0.15) is 0 Å². The number of anilines is 1. The Morgan fingerprint density at radius 1 is 1.40 bits per heavy atom. The average Bonchev–Trinajstić information content (AvgIpc) is 2.47. The smallest absolute Gasteiger partial charge is 0.224 e. The molecule has 0 radical (unpaired) electrons. The molecule has 1 saturated heterocycles. The van der Waals surface area contributed by atoms with Crippen molar-refractivity contribution in [3.05, 3.63) is 24.3 Å². The van der Waals surface area contributed by atoms with Crippen LogP contribution >= 0.6 is 0 Å². The molecule has 0 aromatic heterocycles. The predicted molar refractivity (Wildman–Crippen MR) is 81.1 cm³/mol. The summed E-state index contributed by atoms with van der Waals surface area (Å²) in [4.78, 5) is 14.3. The van der Waals surface area contributed by atoms with Crippen LogP contribution in [-0.4, -0.2) is 38.1 Å². The van der Waals surface area contributed by atoms with E-state index in [1.807, 2.05) is 24.3 Å². The highest BCUT2D eigenvalue weighted by Gasteiger charge is 2.17. The van der Waals surface area contributed by atoms with E-state index in [9.17, 15) is 4.79 Å². The Morgan fingerprint density at radius 2 is 2.15 bits per heavy atom. The van der Waals surface area contributed by atoms with Crippen molar-refractivity contribution in [1.29, 1.82) is 0 Å². The van der Waals surface area contributed by atoms with E-state index in [0.717, 1.165) is 30.9 Å². The maximum Gasteiger partial charge on any atom is 0.224 e. The first-order chi connectivity index (χ1) is 9.67. The molecule has 2 rings (SSSR count). The monoisotopic (exact) mass is 276 g/mol. The lowest BCUT2D eigenvalue weighted by atomic mass is 9.92. The zero-order chi connectivity index (χ0) is 14.4. The minimum Gasteiger partial charge on any atom is -0.497 e. The largest absolute Gasteiger partial charge is 0.497 e. The molecule has 0 atom stereocenters. The van der Waals surface area contributed by atoms with E-state index in [-0.39, 0.29) is 5.91 Å². The Balaban J connectivity index is 1.74. The minimum absolute atomic E-state index is 0.0946. The van der Waals surface area contributed by atoms with Crippen molar-refractivity contribution in [3.8, 4) is 5.75 Å². The van der Waals surface area contributed by atoms with E-state index in [1.165, 1.54) is 12.8 Å². The van der Waals surface area contributed by atoms with Gasteiger partial charge in [-0.15, -0.1) is 0 Å². The molecule has 0 aliphatic carbocycles. The van der Waals surface area contributed by atoms with Crippen molar-refractivity contribution in [2.75, 3.05) is 32.6 Å². The van der Waals surface area contributed by atoms with Crippen LogP contribution in [0, 0.1) is 5.92 Å². The number of amides is 1. The highest BCUT2D eigenvalue weighted by molar-refractivity contribution is 5.90. The van der Waals surface area contributed by atoms with E-state index in [2.05, 4.69) is 17.3 Å². The first-order valence-corrected chi connectivity index (χ1v) is 7.30. The molecule has 0 unspecified atom stereocenters. The van der Waals surface area contributed by atoms with Gasteiger partial charge in [0.1, 0.15) is 5.75 Å². The number of carbonyl (C=O) groups is 1. The summed E-state index contributed by atoms with van der Waals surface area (Å²) in [6, 6.07) is 7.48. The Hall–Kier alpha value is -1.55. The van der Waals surface area contributed by atoms with Crippen LogP contribution < -0.4 is 10.1 Å². The number of likely N-dealkylation sites (tertiary alicyclic amines) is 1. The maximum absolute atomic E-state index is 12.0. The van der Waals surface area contributed by atoms with Crippen molar-refractivity contribution < 1.29 is 9.53 Å². The van der Waals surface area contributed by atoms with Crippen molar-refractivity contribution in [2.45, 2.75) is 25.7 Å². The van der Waals surface area contributed by atoms with Gasteiger partial charge in [0.25, 0.3) is 0 Å². The molecule has 1 aromatic rings. The van der Waals surface area contributed by atoms with E-state index in [0.29, 0.717) is 12.3 Å². The molecule has 110 valence electrons. The molecule has 20 heavy (non-hydrogen) atoms. The van der Waals surface area contributed by atoms with Crippen molar-refractivity contribution in [1.82, 2.24) is 4.90 Å². The molecule has 0 spiro atoms. The Bertz CT molecular complexity index is 440. The van der Waals surface area contributed by atoms with Crippen LogP contribution in [0.3, 0.4) is 0 Å². The third-order valence-corrected chi connectivity index (χ3v) is 3.97. The summed E-state index contributed by atoms with van der Waals surface area (Å²) >= 11 is 0. The fourth-order valence-electron chi connectivity index (χ4n) is 2.61. The van der Waals surface area contributed by atoms with Gasteiger partial charge < -0.3 is 15.0 Å². The SMILES string of the molecule is COc1cccc(NC(=O)CCC2CCN(C)CC2)c1. The Morgan fingerprint density at radius 3 is 2.85 bits per heavy atom. The number of nitrogens with zero attached hydrogens (tertiary/aromatic N) is 1. The summed E-state index contributed by atoms with van der Waals surface area (Å²) in [6.07, 6.45) is 4.01. The van der Waals surface area contributed by atoms with Crippen LogP contribution in [0.2, 0.25) is 0 Å². The van der Waals surface area contributed by atoms with Crippen LogP contribution in [0.5, 0.6) is 5.75 Å². The molecule has 1 heterocycles. The summed E-state index contributed by atoms with van der Waals surface area (Å²) in [5, 5.41) is 2.94. The first kappa shape index (κ1) is 14.9. The van der Waals surface area contributed by atoms with Gasteiger partial charge in [0.2, 0.25) is 5.91 Å². The molecule has 0 saturated carbocycles. The van der Waals surface area contributed by atoms with Crippen LogP contribution in [0.4, 0.5) is 5.69 Å². The van der Waals surface area contributed by atoms with Gasteiger partial charge in [-0.3, -0.25) is 4.79 Å². The molecular formula is C16H24N2O2. The van der Waals surface area contributed by atoms with Gasteiger partial charge in [0, 0.05) is 18.2 Å². The molecule has 1 N–H and O–H groups in total. The number of nitrogens with one attached hydrogen (secondary N) is 1. The third-order valence-electron chi connectivity index (χ3n) is 3.97. The highest BCUT2D eigenvalue weighted by Crippen LogP contribution is 2.22. The van der Waals surface area contributed by atoms with Gasteiger partial charge in [-0.25, -0.2) is 0 Å². The maximum atomic E-state index is 12.0. The van der Waals surface area contributed by atoms with Crippen LogP contribution in [0.15, 0.2) is 24.3 Å². The van der Waals surface area contributed by atoms with Gasteiger partial charge in [-0.05, 0) is 57.5 Å². The van der Waals surface area contributed by atoms with Crippen LogP contribution in [0.25, 0.3) is 0 Å². The fraction of sp³-hybridized carbons (Fsp3) is 0.562. The number of methoxy groups -OCH3 is 1. The topological polar surface area (TPSA) is 41.6 Å². The fourth-order valence-corrected chi connectivity index (χ4v) is 2.61. The summed E-state index contributed by atoms with van der Waals surface area (Å²) in [5.74, 6) is 1.55. The lowest BCUT2D eigenvalue weighted by molar-refractivity contribution is -0.116. The third kappa shape index (κ3) is 4.53. The normalized spacial score (nSPS) is 16.9. The van der Waals surface area contributed by atoms with E-state index in [1.54, 1.807) is 7.11 Å². The molecular weight excluding hydrogens is 252 g/mol. The molecule has 1 amide bonds. The quantitative estimate of drug-likeness (QED) is 0.899. The summed E-state index contributed by atoms with van der Waals surface area (Å²) in [6.45, 7) is 2.31. The molecule has 0 bridgehead atoms. The Labute approximate surface area is 121 Å². The summed E-state index contributed by atoms with van der Waals surface area (Å²) < 4.78 is 5.15. The second kappa shape index (κ2) is 7.29. The molecule has 1 aliphatic rings. The second-order valence-corrected chi connectivity index (χ2v) is 5.57. The lowest BCUT2D eigenvalue weighted by Gasteiger charge is -2.28. The zero-order valence-corrected chi connectivity index (χ0v) is 12.4. The lowest BCUT2D eigenvalue weighted by Crippen LogP contribution is -2.30.